The number of hydrogen-bond donors (Lipinski definition) is 2. The molecule has 0 bridgehead atoms. The van der Waals surface area contributed by atoms with Gasteiger partial charge in [0.1, 0.15) is 12.1 Å². The number of hydrogen-bond acceptors (Lipinski definition) is 3. The number of unbranched alkanes of at least 4 members (excludes halogenated alkanes) is 1. The summed E-state index contributed by atoms with van der Waals surface area (Å²) in [4.78, 5) is 23.1. The lowest BCUT2D eigenvalue weighted by molar-refractivity contribution is -0.144. The van der Waals surface area contributed by atoms with E-state index in [4.69, 9.17) is 4.74 Å². The van der Waals surface area contributed by atoms with Gasteiger partial charge in [0.05, 0.1) is 0 Å². The molecule has 114 valence electrons. The molecule has 2 N–H and O–H groups in total. The van der Waals surface area contributed by atoms with Gasteiger partial charge in [-0.1, -0.05) is 36.4 Å². The van der Waals surface area contributed by atoms with Gasteiger partial charge in [-0.05, 0) is 31.7 Å². The van der Waals surface area contributed by atoms with E-state index >= 15 is 0 Å². The lowest BCUT2D eigenvalue weighted by atomic mass is 9.95. The molecule has 0 aromatic heterocycles. The number of carboxylic acid groups (broad SMARTS) is 1. The van der Waals surface area contributed by atoms with E-state index in [1.54, 1.807) is 6.08 Å². The van der Waals surface area contributed by atoms with E-state index in [2.05, 4.69) is 11.9 Å². The first-order valence-electron chi connectivity index (χ1n) is 6.81. The zero-order valence-electron chi connectivity index (χ0n) is 12.2. The average molecular weight is 291 g/mol. The number of aliphatic carboxylic acids is 1. The Hall–Kier alpha value is -2.30. The number of benzene rings is 1. The molecule has 0 aliphatic heterocycles. The fraction of sp³-hybridized carbons (Fsp3) is 0.375. The highest BCUT2D eigenvalue weighted by Gasteiger charge is 2.34. The van der Waals surface area contributed by atoms with Crippen LogP contribution in [-0.4, -0.2) is 22.7 Å². The van der Waals surface area contributed by atoms with Crippen LogP contribution in [-0.2, 0) is 16.1 Å². The minimum Gasteiger partial charge on any atom is -0.480 e. The second-order valence-corrected chi connectivity index (χ2v) is 5.00. The number of rotatable bonds is 8. The highest BCUT2D eigenvalue weighted by molar-refractivity contribution is 5.83. The standard InChI is InChI=1S/C16H21NO4/c1-3-4-8-11-16(2,14(18)19)17-15(20)21-12-13-9-6-5-7-10-13/h3,5-7,9-10H,1,4,8,11-12H2,2H3,(H,17,20)(H,18,19)/t16-/m0/s1. The maximum absolute atomic E-state index is 11.8. The number of carbonyl (C=O) groups excluding carboxylic acids is 1. The van der Waals surface area contributed by atoms with E-state index < -0.39 is 17.6 Å². The Morgan fingerprint density at radius 2 is 2.05 bits per heavy atom. The molecule has 0 radical (unpaired) electrons. The van der Waals surface area contributed by atoms with Gasteiger partial charge in [-0.15, -0.1) is 6.58 Å². The van der Waals surface area contributed by atoms with Crippen LogP contribution in [0.3, 0.4) is 0 Å². The predicted molar refractivity (Wildman–Crippen MR) is 79.9 cm³/mol. The number of allylic oxidation sites excluding steroid dienone is 1. The van der Waals surface area contributed by atoms with Crippen molar-refractivity contribution in [1.82, 2.24) is 5.32 Å². The first-order valence-corrected chi connectivity index (χ1v) is 6.81. The van der Waals surface area contributed by atoms with Crippen LogP contribution in [0.5, 0.6) is 0 Å². The molecule has 0 unspecified atom stereocenters. The average Bonchev–Trinajstić information content (AvgIpc) is 2.46. The topological polar surface area (TPSA) is 75.6 Å². The molecular formula is C16H21NO4. The van der Waals surface area contributed by atoms with E-state index in [1.807, 2.05) is 30.3 Å². The second kappa shape index (κ2) is 8.09. The number of nitrogens with one attached hydrogen (secondary N) is 1. The SMILES string of the molecule is C=CCCC[C@](C)(NC(=O)OCc1ccccc1)C(=O)O. The highest BCUT2D eigenvalue weighted by atomic mass is 16.5. The smallest absolute Gasteiger partial charge is 0.408 e. The van der Waals surface area contributed by atoms with E-state index in [1.165, 1.54) is 6.92 Å². The lowest BCUT2D eigenvalue weighted by Gasteiger charge is -2.25. The minimum atomic E-state index is -1.34. The molecule has 0 aliphatic rings. The maximum atomic E-state index is 11.8. The van der Waals surface area contributed by atoms with E-state index in [9.17, 15) is 14.7 Å². The summed E-state index contributed by atoms with van der Waals surface area (Å²) in [5, 5.41) is 11.7. The molecular weight excluding hydrogens is 270 g/mol. The number of amides is 1. The van der Waals surface area contributed by atoms with Gasteiger partial charge in [-0.2, -0.15) is 0 Å². The number of ether oxygens (including phenoxy) is 1. The molecule has 0 heterocycles. The van der Waals surface area contributed by atoms with Gasteiger partial charge in [-0.25, -0.2) is 9.59 Å². The van der Waals surface area contributed by atoms with Crippen molar-refractivity contribution >= 4 is 12.1 Å². The molecule has 0 spiro atoms. The second-order valence-electron chi connectivity index (χ2n) is 5.00. The summed E-state index contributed by atoms with van der Waals surface area (Å²) in [5.41, 5.74) is -0.493. The van der Waals surface area contributed by atoms with Crippen LogP contribution < -0.4 is 5.32 Å². The molecule has 0 saturated heterocycles. The number of carbonyl (C=O) groups is 2. The Balaban J connectivity index is 2.52. The molecule has 5 heteroatoms. The summed E-state index contributed by atoms with van der Waals surface area (Å²) in [6.45, 7) is 5.17. The van der Waals surface area contributed by atoms with Crippen molar-refractivity contribution in [3.8, 4) is 0 Å². The molecule has 5 nitrogen and oxygen atoms in total. The Bertz CT molecular complexity index is 486. The van der Waals surface area contributed by atoms with Crippen molar-refractivity contribution in [1.29, 1.82) is 0 Å². The summed E-state index contributed by atoms with van der Waals surface area (Å²) in [6, 6.07) is 9.20. The van der Waals surface area contributed by atoms with Gasteiger partial charge in [-0.3, -0.25) is 0 Å². The third-order valence-electron chi connectivity index (χ3n) is 3.15. The normalized spacial score (nSPS) is 13.0. The van der Waals surface area contributed by atoms with Crippen molar-refractivity contribution < 1.29 is 19.4 Å². The van der Waals surface area contributed by atoms with Crippen molar-refractivity contribution in [3.63, 3.8) is 0 Å². The third kappa shape index (κ3) is 5.69. The Labute approximate surface area is 124 Å². The minimum absolute atomic E-state index is 0.106. The van der Waals surface area contributed by atoms with Gasteiger partial charge in [0, 0.05) is 0 Å². The van der Waals surface area contributed by atoms with Crippen molar-refractivity contribution in [2.45, 2.75) is 38.3 Å². The maximum Gasteiger partial charge on any atom is 0.408 e. The van der Waals surface area contributed by atoms with Gasteiger partial charge >= 0.3 is 12.1 Å². The molecule has 1 rings (SSSR count). The molecule has 1 amide bonds. The molecule has 1 aromatic rings. The van der Waals surface area contributed by atoms with Gasteiger partial charge in [0.25, 0.3) is 0 Å². The molecule has 21 heavy (non-hydrogen) atoms. The molecule has 0 saturated carbocycles. The van der Waals surface area contributed by atoms with Crippen LogP contribution in [0.1, 0.15) is 31.7 Å². The first-order chi connectivity index (χ1) is 9.98. The largest absolute Gasteiger partial charge is 0.480 e. The Morgan fingerprint density at radius 1 is 1.38 bits per heavy atom. The zero-order chi connectivity index (χ0) is 15.7. The van der Waals surface area contributed by atoms with Crippen LogP contribution in [0, 0.1) is 0 Å². The van der Waals surface area contributed by atoms with Crippen LogP contribution in [0.15, 0.2) is 43.0 Å². The van der Waals surface area contributed by atoms with Crippen LogP contribution in [0.4, 0.5) is 4.79 Å². The molecule has 0 fully saturated rings. The Kier molecular flexibility index (Phi) is 6.46. The third-order valence-corrected chi connectivity index (χ3v) is 3.15. The van der Waals surface area contributed by atoms with E-state index in [0.717, 1.165) is 5.56 Å². The summed E-state index contributed by atoms with van der Waals surface area (Å²) in [5.74, 6) is -1.08. The van der Waals surface area contributed by atoms with Gasteiger partial charge in [0.15, 0.2) is 0 Å². The quantitative estimate of drug-likeness (QED) is 0.570. The summed E-state index contributed by atoms with van der Waals surface area (Å²) in [6.07, 6.45) is 2.63. The van der Waals surface area contributed by atoms with Crippen LogP contribution in [0.2, 0.25) is 0 Å². The van der Waals surface area contributed by atoms with E-state index in [-0.39, 0.29) is 6.61 Å². The fourth-order valence-electron chi connectivity index (χ4n) is 1.81. The van der Waals surface area contributed by atoms with Crippen LogP contribution >= 0.6 is 0 Å². The van der Waals surface area contributed by atoms with Gasteiger partial charge < -0.3 is 15.2 Å². The molecule has 1 atom stereocenters. The summed E-state index contributed by atoms with van der Waals surface area (Å²) < 4.78 is 5.05. The number of alkyl carbamates (subject to hydrolysis) is 1. The monoisotopic (exact) mass is 291 g/mol. The Morgan fingerprint density at radius 3 is 2.62 bits per heavy atom. The van der Waals surface area contributed by atoms with Crippen molar-refractivity contribution in [2.75, 3.05) is 0 Å². The summed E-state index contributed by atoms with van der Waals surface area (Å²) >= 11 is 0. The van der Waals surface area contributed by atoms with Crippen LogP contribution in [0.25, 0.3) is 0 Å². The number of carboxylic acids is 1. The van der Waals surface area contributed by atoms with E-state index in [0.29, 0.717) is 19.3 Å². The molecule has 1 aromatic carbocycles. The summed E-state index contributed by atoms with van der Waals surface area (Å²) in [7, 11) is 0. The van der Waals surface area contributed by atoms with Crippen molar-refractivity contribution in [2.24, 2.45) is 0 Å². The van der Waals surface area contributed by atoms with Crippen molar-refractivity contribution in [3.05, 3.63) is 48.6 Å². The molecule has 0 aliphatic carbocycles. The zero-order valence-corrected chi connectivity index (χ0v) is 12.2. The van der Waals surface area contributed by atoms with Gasteiger partial charge in [0.2, 0.25) is 0 Å². The highest BCUT2D eigenvalue weighted by Crippen LogP contribution is 2.15. The lowest BCUT2D eigenvalue weighted by Crippen LogP contribution is -2.52. The first kappa shape index (κ1) is 16.8. The fourth-order valence-corrected chi connectivity index (χ4v) is 1.81. The predicted octanol–water partition coefficient (Wildman–Crippen LogP) is 3.11.